The summed E-state index contributed by atoms with van der Waals surface area (Å²) in [6.07, 6.45) is 20.4. The Kier molecular flexibility index (Phi) is 21.3. The van der Waals surface area contributed by atoms with Gasteiger partial charge in [-0.1, -0.05) is 70.4 Å². The van der Waals surface area contributed by atoms with Gasteiger partial charge in [-0.15, -0.1) is 0 Å². The number of esters is 1. The Hall–Kier alpha value is -2.38. The minimum atomic E-state index is -2.01. The molecular weight excluding hydrogens is 428 g/mol. The van der Waals surface area contributed by atoms with Crippen LogP contribution >= 0.6 is 0 Å². The van der Waals surface area contributed by atoms with E-state index in [1.807, 2.05) is 0 Å². The largest absolute Gasteiger partial charge is 0.481 e. The first-order valence-electron chi connectivity index (χ1n) is 12.0. The molecule has 3 N–H and O–H groups in total. The zero-order valence-electron chi connectivity index (χ0n) is 20.6. The van der Waals surface area contributed by atoms with E-state index in [9.17, 15) is 19.2 Å². The fourth-order valence-corrected chi connectivity index (χ4v) is 3.11. The summed E-state index contributed by atoms with van der Waals surface area (Å²) in [5, 5.41) is 25.5. The smallest absolute Gasteiger partial charge is 0.323 e. The third kappa shape index (κ3) is 20.0. The van der Waals surface area contributed by atoms with Crippen LogP contribution in [0, 0.1) is 5.41 Å². The van der Waals surface area contributed by atoms with E-state index in [0.717, 1.165) is 26.9 Å². The van der Waals surface area contributed by atoms with Gasteiger partial charge >= 0.3 is 23.9 Å². The fraction of sp³-hybridized carbons (Fsp3) is 0.760. The molecule has 8 nitrogen and oxygen atoms in total. The molecule has 0 saturated carbocycles. The first-order valence-corrected chi connectivity index (χ1v) is 12.0. The lowest BCUT2D eigenvalue weighted by molar-refractivity contribution is -0.170. The highest BCUT2D eigenvalue weighted by atomic mass is 16.5. The van der Waals surface area contributed by atoms with E-state index in [-0.39, 0.29) is 0 Å². The van der Waals surface area contributed by atoms with E-state index < -0.39 is 35.7 Å². The molecular formula is C25H44O8. The lowest BCUT2D eigenvalue weighted by Gasteiger charge is -2.18. The number of ether oxygens (including phenoxy) is 1. The van der Waals surface area contributed by atoms with Crippen molar-refractivity contribution in [3.63, 3.8) is 0 Å². The van der Waals surface area contributed by atoms with Crippen molar-refractivity contribution >= 4 is 23.9 Å². The van der Waals surface area contributed by atoms with Crippen molar-refractivity contribution in [2.24, 2.45) is 5.41 Å². The van der Waals surface area contributed by atoms with E-state index in [0.29, 0.717) is 6.42 Å². The molecule has 192 valence electrons. The Morgan fingerprint density at radius 3 is 1.58 bits per heavy atom. The molecule has 0 aliphatic heterocycles. The average Bonchev–Trinajstić information content (AvgIpc) is 2.75. The maximum Gasteiger partial charge on any atom is 0.323 e. The molecule has 0 radical (unpaired) electrons. The molecule has 8 heteroatoms. The van der Waals surface area contributed by atoms with Crippen molar-refractivity contribution in [2.45, 2.75) is 110 Å². The van der Waals surface area contributed by atoms with Crippen molar-refractivity contribution in [2.75, 3.05) is 7.11 Å². The summed E-state index contributed by atoms with van der Waals surface area (Å²) < 4.78 is 4.19. The number of unbranched alkanes of at least 4 members (excludes halogenated alkanes) is 11. The number of carboxylic acids is 3. The predicted molar refractivity (Wildman–Crippen MR) is 127 cm³/mol. The molecule has 0 aliphatic rings. The van der Waals surface area contributed by atoms with E-state index in [1.165, 1.54) is 70.6 Å². The second-order valence-corrected chi connectivity index (χ2v) is 8.43. The molecule has 0 aliphatic carbocycles. The van der Waals surface area contributed by atoms with Gasteiger partial charge in [-0.25, -0.2) is 0 Å². The van der Waals surface area contributed by atoms with Gasteiger partial charge in [-0.3, -0.25) is 19.2 Å². The molecule has 0 heterocycles. The van der Waals surface area contributed by atoms with Gasteiger partial charge in [-0.2, -0.15) is 0 Å². The van der Waals surface area contributed by atoms with Crippen LogP contribution in [0.4, 0.5) is 0 Å². The first kappa shape index (κ1) is 32.8. The number of carboxylic acid groups (broad SMARTS) is 3. The summed E-state index contributed by atoms with van der Waals surface area (Å²) in [4.78, 5) is 42.1. The van der Waals surface area contributed by atoms with Gasteiger partial charge in [0.25, 0.3) is 0 Å². The Morgan fingerprint density at radius 1 is 0.727 bits per heavy atom. The number of hydrogen-bond donors (Lipinski definition) is 3. The van der Waals surface area contributed by atoms with Crippen LogP contribution in [-0.4, -0.2) is 46.3 Å². The summed E-state index contributed by atoms with van der Waals surface area (Å²) in [5.41, 5.74) is -2.01. The fourth-order valence-electron chi connectivity index (χ4n) is 3.11. The number of carbonyl (C=O) groups is 4. The lowest BCUT2D eigenvalue weighted by Crippen LogP contribution is -2.39. The van der Waals surface area contributed by atoms with Crippen LogP contribution in [0.5, 0.6) is 0 Å². The van der Waals surface area contributed by atoms with Crippen LogP contribution in [0.1, 0.15) is 110 Å². The van der Waals surface area contributed by atoms with Gasteiger partial charge in [0.05, 0.1) is 13.5 Å². The van der Waals surface area contributed by atoms with Crippen molar-refractivity contribution < 1.29 is 39.2 Å². The third-order valence-corrected chi connectivity index (χ3v) is 5.27. The minimum absolute atomic E-state index is 0.332. The maximum atomic E-state index is 10.9. The molecule has 0 aromatic rings. The standard InChI is InChI=1S/C18H34O2.C7H10O6/c1-2-3-4-5-6-7-8-9-10-11-12-13-14-15-16-17-18(19)20;1-7(5(10)11,3-4(8)9)6(12)13-2/h9-10H,2-8,11-17H2,1H3,(H,19,20);3H2,1-2H3,(H,8,9)(H,10,11)/b10-9-;. The highest BCUT2D eigenvalue weighted by Crippen LogP contribution is 2.23. The SMILES string of the molecule is CCCCCCCC/C=C\CCCCCCCC(=O)O.COC(=O)C(C)(CC(=O)O)C(=O)O. The molecule has 33 heavy (non-hydrogen) atoms. The molecule has 0 saturated heterocycles. The molecule has 0 rings (SSSR count). The maximum absolute atomic E-state index is 10.9. The molecule has 0 spiro atoms. The Morgan fingerprint density at radius 2 is 1.18 bits per heavy atom. The zero-order valence-corrected chi connectivity index (χ0v) is 20.6. The summed E-state index contributed by atoms with van der Waals surface area (Å²) >= 11 is 0. The highest BCUT2D eigenvalue weighted by molar-refractivity contribution is 6.01. The number of rotatable bonds is 19. The number of methoxy groups -OCH3 is 1. The predicted octanol–water partition coefficient (Wildman–Crippen LogP) is 5.83. The molecule has 0 fully saturated rings. The van der Waals surface area contributed by atoms with Crippen molar-refractivity contribution in [1.29, 1.82) is 0 Å². The minimum Gasteiger partial charge on any atom is -0.481 e. The normalized spacial score (nSPS) is 12.5. The van der Waals surface area contributed by atoms with Gasteiger partial charge in [0.15, 0.2) is 5.41 Å². The number of aliphatic carboxylic acids is 3. The number of carbonyl (C=O) groups excluding carboxylic acids is 1. The number of hydrogen-bond acceptors (Lipinski definition) is 5. The van der Waals surface area contributed by atoms with Gasteiger partial charge in [0.2, 0.25) is 0 Å². The third-order valence-electron chi connectivity index (χ3n) is 5.27. The topological polar surface area (TPSA) is 138 Å². The summed E-state index contributed by atoms with van der Waals surface area (Å²) in [7, 11) is 1.01. The molecule has 1 unspecified atom stereocenters. The highest BCUT2D eigenvalue weighted by Gasteiger charge is 2.44. The molecule has 1 atom stereocenters. The van der Waals surface area contributed by atoms with Crippen molar-refractivity contribution in [3.8, 4) is 0 Å². The van der Waals surface area contributed by atoms with Crippen LogP contribution in [0.3, 0.4) is 0 Å². The lowest BCUT2D eigenvalue weighted by atomic mass is 9.87. The summed E-state index contributed by atoms with van der Waals surface area (Å²) in [5.74, 6) is -4.61. The average molecular weight is 473 g/mol. The Labute approximate surface area is 198 Å². The summed E-state index contributed by atoms with van der Waals surface area (Å²) in [6.45, 7) is 3.27. The van der Waals surface area contributed by atoms with Crippen LogP contribution in [0.15, 0.2) is 12.2 Å². The Bertz CT molecular complexity index is 585. The zero-order chi connectivity index (χ0) is 25.5. The van der Waals surface area contributed by atoms with Crippen LogP contribution < -0.4 is 0 Å². The molecule has 0 aromatic heterocycles. The second-order valence-electron chi connectivity index (χ2n) is 8.43. The van der Waals surface area contributed by atoms with Crippen LogP contribution in [0.2, 0.25) is 0 Å². The van der Waals surface area contributed by atoms with Crippen LogP contribution in [0.25, 0.3) is 0 Å². The molecule has 0 aromatic carbocycles. The van der Waals surface area contributed by atoms with E-state index >= 15 is 0 Å². The second kappa shape index (κ2) is 21.5. The van der Waals surface area contributed by atoms with Gasteiger partial charge in [-0.05, 0) is 39.0 Å². The first-order chi connectivity index (χ1) is 15.6. The van der Waals surface area contributed by atoms with E-state index in [2.05, 4.69) is 23.8 Å². The van der Waals surface area contributed by atoms with Crippen molar-refractivity contribution in [1.82, 2.24) is 0 Å². The van der Waals surface area contributed by atoms with Gasteiger partial charge < -0.3 is 20.1 Å². The molecule has 0 bridgehead atoms. The van der Waals surface area contributed by atoms with Crippen molar-refractivity contribution in [3.05, 3.63) is 12.2 Å². The van der Waals surface area contributed by atoms with Gasteiger partial charge in [0, 0.05) is 6.42 Å². The van der Waals surface area contributed by atoms with E-state index in [1.54, 1.807) is 0 Å². The Balaban J connectivity index is 0. The van der Waals surface area contributed by atoms with Gasteiger partial charge in [0.1, 0.15) is 0 Å². The van der Waals surface area contributed by atoms with E-state index in [4.69, 9.17) is 15.3 Å². The quantitative estimate of drug-likeness (QED) is 0.0923. The number of allylic oxidation sites excluding steroid dienone is 2. The van der Waals surface area contributed by atoms with Crippen LogP contribution in [-0.2, 0) is 23.9 Å². The summed E-state index contributed by atoms with van der Waals surface area (Å²) in [6, 6.07) is 0. The monoisotopic (exact) mass is 472 g/mol. The molecule has 0 amide bonds.